The van der Waals surface area contributed by atoms with Crippen molar-refractivity contribution in [3.63, 3.8) is 0 Å². The summed E-state index contributed by atoms with van der Waals surface area (Å²) < 4.78 is 68.0. The molecule has 0 spiro atoms. The van der Waals surface area contributed by atoms with Crippen molar-refractivity contribution in [1.82, 2.24) is 0 Å². The van der Waals surface area contributed by atoms with Crippen molar-refractivity contribution in [3.05, 3.63) is 6.61 Å². The minimum atomic E-state index is -3.26. The molecule has 9 unspecified atom stereocenters. The molecule has 2 saturated heterocycles. The normalized spacial score (nSPS) is 32.3. The van der Waals surface area contributed by atoms with E-state index >= 15 is 0 Å². The molecule has 12 nitrogen and oxygen atoms in total. The van der Waals surface area contributed by atoms with Crippen molar-refractivity contribution >= 4 is 64.1 Å². The minimum absolute atomic E-state index is 0. The Hall–Kier alpha value is 1.63. The fourth-order valence-electron chi connectivity index (χ4n) is 4.02. The van der Waals surface area contributed by atoms with Crippen LogP contribution >= 0.6 is 15.2 Å². The van der Waals surface area contributed by atoms with E-state index in [4.69, 9.17) is 37.0 Å². The van der Waals surface area contributed by atoms with Crippen LogP contribution in [0, 0.1) is 6.61 Å². The van der Waals surface area contributed by atoms with Gasteiger partial charge in [-0.3, -0.25) is 13.7 Å². The van der Waals surface area contributed by atoms with Crippen molar-refractivity contribution < 1.29 is 57.8 Å². The van der Waals surface area contributed by atoms with Gasteiger partial charge in [-0.05, 0) is 68.4 Å². The second-order valence-electron chi connectivity index (χ2n) is 10.9. The zero-order chi connectivity index (χ0) is 30.1. The van der Waals surface area contributed by atoms with E-state index in [1.165, 1.54) is 19.9 Å². The summed E-state index contributed by atoms with van der Waals surface area (Å²) in [5.41, 5.74) is 0. The summed E-state index contributed by atoms with van der Waals surface area (Å²) in [7, 11) is -6.51. The predicted molar refractivity (Wildman–Crippen MR) is 154 cm³/mol. The number of aliphatic hydroxyl groups is 2. The Balaban J connectivity index is 0. The molecular formula is C25H52BaO12P2. The Morgan fingerprint density at radius 3 is 1.62 bits per heavy atom. The minimum Gasteiger partial charge on any atom is -1.00 e. The third-order valence-corrected chi connectivity index (χ3v) is 8.09. The molecule has 0 radical (unpaired) electrons. The Morgan fingerprint density at radius 1 is 0.775 bits per heavy atom. The van der Waals surface area contributed by atoms with E-state index in [1.807, 2.05) is 27.7 Å². The SMILES string of the molecule is CC(C)OC1COC(C)C(O)C1OP(C)(=O)OC(C)C.CC(C)OC1CO[CH-]C(O)C1OP(C)(=O)OC(C)C.[Ba+2].[H-]. The Labute approximate surface area is 282 Å². The van der Waals surface area contributed by atoms with E-state index in [0.29, 0.717) is 6.61 Å². The smallest absolute Gasteiger partial charge is 1.00 e. The second kappa shape index (κ2) is 19.2. The monoisotopic (exact) mass is 744 g/mol. The van der Waals surface area contributed by atoms with Gasteiger partial charge in [0.05, 0.1) is 43.2 Å². The maximum absolute atomic E-state index is 12.3. The van der Waals surface area contributed by atoms with E-state index in [9.17, 15) is 19.3 Å². The number of ether oxygens (including phenoxy) is 4. The first-order valence-electron chi connectivity index (χ1n) is 13.5. The topological polar surface area (TPSA) is 148 Å². The molecule has 0 aromatic rings. The largest absolute Gasteiger partial charge is 2.00 e. The van der Waals surface area contributed by atoms with E-state index in [-0.39, 0.29) is 81.3 Å². The van der Waals surface area contributed by atoms with Gasteiger partial charge < -0.3 is 44.2 Å². The maximum Gasteiger partial charge on any atom is 2.00 e. The van der Waals surface area contributed by atoms with Crippen LogP contribution in [0.3, 0.4) is 0 Å². The van der Waals surface area contributed by atoms with Gasteiger partial charge in [-0.25, -0.2) is 0 Å². The molecule has 0 saturated carbocycles. The zero-order valence-corrected chi connectivity index (χ0v) is 32.2. The zero-order valence-electron chi connectivity index (χ0n) is 26.9. The van der Waals surface area contributed by atoms with Gasteiger partial charge in [-0.2, -0.15) is 6.61 Å². The van der Waals surface area contributed by atoms with E-state index in [2.05, 4.69) is 0 Å². The van der Waals surface area contributed by atoms with Gasteiger partial charge in [-0.15, -0.1) is 0 Å². The average molecular weight is 744 g/mol. The second-order valence-corrected chi connectivity index (χ2v) is 14.9. The van der Waals surface area contributed by atoms with Crippen molar-refractivity contribution in [2.45, 2.75) is 129 Å². The summed E-state index contributed by atoms with van der Waals surface area (Å²) in [5, 5.41) is 20.1. The van der Waals surface area contributed by atoms with E-state index in [0.717, 1.165) is 0 Å². The molecule has 2 aliphatic heterocycles. The van der Waals surface area contributed by atoms with Crippen LogP contribution in [-0.4, -0.2) is 153 Å². The standard InChI is InChI=1S/C13H27O6P.C12H24O6P.Ba.H/c1-8(2)17-11-7-16-10(5)12(14)13(11)19-20(6,15)18-9(3)4;1-8(2)16-11-7-15-6-10(13)12(11)18-19(5,14)17-9(3)4;;/h8-14H,7H2,1-6H3;6,8-13H,7H2,1-5H3;;/q;-1;+2;-1. The van der Waals surface area contributed by atoms with Crippen LogP contribution in [0.5, 0.6) is 0 Å². The molecule has 236 valence electrons. The van der Waals surface area contributed by atoms with Crippen LogP contribution in [0.4, 0.5) is 0 Å². The Bertz CT molecular complexity index is 807. The van der Waals surface area contributed by atoms with Crippen LogP contribution in [0.15, 0.2) is 0 Å². The summed E-state index contributed by atoms with van der Waals surface area (Å²) in [4.78, 5) is 0. The summed E-state index contributed by atoms with van der Waals surface area (Å²) in [5.74, 6) is 0. The van der Waals surface area contributed by atoms with E-state index in [1.54, 1.807) is 34.6 Å². The van der Waals surface area contributed by atoms with Gasteiger partial charge in [-0.1, -0.05) is 0 Å². The summed E-state index contributed by atoms with van der Waals surface area (Å²) in [6.07, 6.45) is -5.27. The number of rotatable bonds is 12. The summed E-state index contributed by atoms with van der Waals surface area (Å²) in [6, 6.07) is 0. The maximum atomic E-state index is 12.3. The molecular weight excluding hydrogens is 692 g/mol. The van der Waals surface area contributed by atoms with Crippen molar-refractivity contribution in [2.75, 3.05) is 26.5 Å². The van der Waals surface area contributed by atoms with Gasteiger partial charge >= 0.3 is 64.1 Å². The number of aliphatic hydroxyl groups excluding tert-OH is 2. The molecule has 2 fully saturated rings. The average Bonchev–Trinajstić information content (AvgIpc) is 2.74. The van der Waals surface area contributed by atoms with Crippen LogP contribution < -0.4 is 0 Å². The number of hydrogen-bond donors (Lipinski definition) is 2. The molecule has 0 aromatic carbocycles. The summed E-state index contributed by atoms with van der Waals surface area (Å²) >= 11 is 0. The fraction of sp³-hybridized carbons (Fsp3) is 0.960. The molecule has 15 heteroatoms. The Morgan fingerprint density at radius 2 is 1.20 bits per heavy atom. The molecule has 40 heavy (non-hydrogen) atoms. The molecule has 0 amide bonds. The van der Waals surface area contributed by atoms with E-state index < -0.39 is 57.9 Å². The molecule has 0 bridgehead atoms. The fourth-order valence-corrected chi connectivity index (χ4v) is 7.06. The van der Waals surface area contributed by atoms with Gasteiger partial charge in [0.1, 0.15) is 24.4 Å². The molecule has 2 N–H and O–H groups in total. The van der Waals surface area contributed by atoms with Crippen molar-refractivity contribution in [2.24, 2.45) is 0 Å². The van der Waals surface area contributed by atoms with Gasteiger partial charge in [0.2, 0.25) is 0 Å². The van der Waals surface area contributed by atoms with Crippen LogP contribution in [0.25, 0.3) is 0 Å². The predicted octanol–water partition coefficient (Wildman–Crippen LogP) is 3.89. The van der Waals surface area contributed by atoms with Crippen LogP contribution in [0.2, 0.25) is 0 Å². The molecule has 2 heterocycles. The van der Waals surface area contributed by atoms with Crippen LogP contribution in [-0.2, 0) is 46.2 Å². The third-order valence-electron chi connectivity index (χ3n) is 5.23. The quantitative estimate of drug-likeness (QED) is 0.170. The number of hydrogen-bond acceptors (Lipinski definition) is 12. The van der Waals surface area contributed by atoms with Crippen molar-refractivity contribution in [3.8, 4) is 0 Å². The molecule has 0 aliphatic carbocycles. The van der Waals surface area contributed by atoms with Gasteiger partial charge in [0.15, 0.2) is 0 Å². The first kappa shape index (κ1) is 41.6. The third kappa shape index (κ3) is 16.1. The molecule has 2 aliphatic rings. The summed E-state index contributed by atoms with van der Waals surface area (Å²) in [6.45, 7) is 21.0. The first-order valence-corrected chi connectivity index (χ1v) is 17.4. The molecule has 0 aromatic heterocycles. The molecule has 2 rings (SSSR count). The molecule has 9 atom stereocenters. The Kier molecular flexibility index (Phi) is 20.0. The first-order chi connectivity index (χ1) is 17.8. The van der Waals surface area contributed by atoms with Gasteiger partial charge in [0.25, 0.3) is 0 Å². The van der Waals surface area contributed by atoms with Crippen LogP contribution in [0.1, 0.15) is 63.7 Å². The van der Waals surface area contributed by atoms with Crippen molar-refractivity contribution in [1.29, 1.82) is 0 Å². The van der Waals surface area contributed by atoms with Gasteiger partial charge in [0, 0.05) is 19.9 Å².